The van der Waals surface area contributed by atoms with E-state index in [9.17, 15) is 9.59 Å². The molecule has 10 heteroatoms. The molecule has 2 aromatic rings. The van der Waals surface area contributed by atoms with Crippen molar-refractivity contribution >= 4 is 58.2 Å². The Balaban J connectivity index is 0.00000288. The molecule has 0 saturated heterocycles. The van der Waals surface area contributed by atoms with E-state index in [1.807, 2.05) is 0 Å². The van der Waals surface area contributed by atoms with Crippen molar-refractivity contribution in [3.63, 3.8) is 0 Å². The molecular formula is C14H17ClN4O3S2. The fraction of sp³-hybridized carbons (Fsp3) is 0.286. The lowest BCUT2D eigenvalue weighted by atomic mass is 10.1. The third kappa shape index (κ3) is 6.73. The van der Waals surface area contributed by atoms with Gasteiger partial charge in [0.25, 0.3) is 0 Å². The Morgan fingerprint density at radius 3 is 2.67 bits per heavy atom. The van der Waals surface area contributed by atoms with E-state index in [1.165, 1.54) is 23.1 Å². The molecule has 7 nitrogen and oxygen atoms in total. The number of aromatic nitrogens is 2. The molecule has 1 aromatic carbocycles. The smallest absolute Gasteiger partial charge is 0.316 e. The van der Waals surface area contributed by atoms with Gasteiger partial charge < -0.3 is 15.8 Å². The van der Waals surface area contributed by atoms with Gasteiger partial charge in [0.15, 0.2) is 4.34 Å². The number of benzene rings is 1. The first kappa shape index (κ1) is 20.2. The Morgan fingerprint density at radius 1 is 1.29 bits per heavy atom. The van der Waals surface area contributed by atoms with Crippen LogP contribution < -0.4 is 11.1 Å². The molecule has 0 aliphatic carbocycles. The minimum absolute atomic E-state index is 0. The number of hydrogen-bond acceptors (Lipinski definition) is 8. The normalized spacial score (nSPS) is 9.88. The third-order valence-electron chi connectivity index (χ3n) is 2.62. The van der Waals surface area contributed by atoms with Crippen LogP contribution in [0.2, 0.25) is 0 Å². The van der Waals surface area contributed by atoms with Gasteiger partial charge in [0.2, 0.25) is 11.0 Å². The number of carbonyl (C=O) groups is 2. The summed E-state index contributed by atoms with van der Waals surface area (Å²) in [6, 6.07) is 7.10. The van der Waals surface area contributed by atoms with E-state index in [0.29, 0.717) is 21.8 Å². The Bertz CT molecular complexity index is 679. The van der Waals surface area contributed by atoms with Crippen molar-refractivity contribution in [2.45, 2.75) is 17.7 Å². The summed E-state index contributed by atoms with van der Waals surface area (Å²) in [5.74, 6) is -0.323. The number of amides is 1. The van der Waals surface area contributed by atoms with E-state index < -0.39 is 0 Å². The van der Waals surface area contributed by atoms with Crippen LogP contribution in [-0.2, 0) is 20.7 Å². The van der Waals surface area contributed by atoms with Gasteiger partial charge in [0.05, 0.1) is 18.8 Å². The fourth-order valence-corrected chi connectivity index (χ4v) is 3.19. The summed E-state index contributed by atoms with van der Waals surface area (Å²) in [7, 11) is 0. The standard InChI is InChI=1S/C14H16N4O3S2.ClH/c1-2-21-12(20)8-22-14-18-17-13(23-14)16-11(19)7-9-3-5-10(15)6-4-9;/h3-6H,2,7-8,15H2,1H3,(H,16,17,19);1H. The molecule has 0 unspecified atom stereocenters. The summed E-state index contributed by atoms with van der Waals surface area (Å²) in [4.78, 5) is 23.2. The lowest BCUT2D eigenvalue weighted by Crippen LogP contribution is -2.14. The largest absolute Gasteiger partial charge is 0.465 e. The first-order valence-electron chi connectivity index (χ1n) is 6.83. The second-order valence-corrected chi connectivity index (χ2v) is 6.63. The van der Waals surface area contributed by atoms with Crippen LogP contribution in [0.1, 0.15) is 12.5 Å². The summed E-state index contributed by atoms with van der Waals surface area (Å²) in [6.45, 7) is 2.10. The number of hydrogen-bond donors (Lipinski definition) is 2. The van der Waals surface area contributed by atoms with Crippen LogP contribution in [0.25, 0.3) is 0 Å². The topological polar surface area (TPSA) is 107 Å². The van der Waals surface area contributed by atoms with Crippen molar-refractivity contribution in [1.29, 1.82) is 0 Å². The van der Waals surface area contributed by atoms with Crippen LogP contribution in [0.4, 0.5) is 10.8 Å². The molecular weight excluding hydrogens is 372 g/mol. The number of anilines is 2. The number of nitrogens with two attached hydrogens (primary N) is 1. The molecule has 1 heterocycles. The first-order valence-corrected chi connectivity index (χ1v) is 8.63. The van der Waals surface area contributed by atoms with Crippen molar-refractivity contribution in [1.82, 2.24) is 10.2 Å². The molecule has 0 saturated carbocycles. The molecule has 0 bridgehead atoms. The molecule has 3 N–H and O–H groups in total. The zero-order valence-corrected chi connectivity index (χ0v) is 15.3. The Labute approximate surface area is 153 Å². The highest BCUT2D eigenvalue weighted by Crippen LogP contribution is 2.25. The maximum Gasteiger partial charge on any atom is 0.316 e. The van der Waals surface area contributed by atoms with Crippen LogP contribution in [0.5, 0.6) is 0 Å². The molecule has 0 spiro atoms. The van der Waals surface area contributed by atoms with Crippen molar-refractivity contribution in [2.75, 3.05) is 23.4 Å². The summed E-state index contributed by atoms with van der Waals surface area (Å²) in [6.07, 6.45) is 0.227. The highest BCUT2D eigenvalue weighted by Gasteiger charge is 2.11. The summed E-state index contributed by atoms with van der Waals surface area (Å²) >= 11 is 2.44. The summed E-state index contributed by atoms with van der Waals surface area (Å²) in [5.41, 5.74) is 7.11. The van der Waals surface area contributed by atoms with Gasteiger partial charge in [0, 0.05) is 5.69 Å². The number of nitrogens with zero attached hydrogens (tertiary/aromatic N) is 2. The van der Waals surface area contributed by atoms with Crippen molar-refractivity contribution < 1.29 is 14.3 Å². The van der Waals surface area contributed by atoms with Gasteiger partial charge in [-0.1, -0.05) is 35.2 Å². The van der Waals surface area contributed by atoms with Gasteiger partial charge in [-0.25, -0.2) is 0 Å². The summed E-state index contributed by atoms with van der Waals surface area (Å²) < 4.78 is 5.43. The highest BCUT2D eigenvalue weighted by atomic mass is 35.5. The van der Waals surface area contributed by atoms with E-state index >= 15 is 0 Å². The number of halogens is 1. The van der Waals surface area contributed by atoms with Gasteiger partial charge in [-0.15, -0.1) is 22.6 Å². The van der Waals surface area contributed by atoms with Gasteiger partial charge in [-0.3, -0.25) is 9.59 Å². The second kappa shape index (κ2) is 10.1. The highest BCUT2D eigenvalue weighted by molar-refractivity contribution is 8.01. The van der Waals surface area contributed by atoms with E-state index in [2.05, 4.69) is 15.5 Å². The van der Waals surface area contributed by atoms with Crippen molar-refractivity contribution in [2.24, 2.45) is 0 Å². The van der Waals surface area contributed by atoms with Gasteiger partial charge in [-0.2, -0.15) is 0 Å². The predicted octanol–water partition coefficient (Wildman–Crippen LogP) is 2.38. The van der Waals surface area contributed by atoms with Crippen LogP contribution in [0, 0.1) is 0 Å². The van der Waals surface area contributed by atoms with Crippen LogP contribution in [0.15, 0.2) is 28.6 Å². The van der Waals surface area contributed by atoms with Gasteiger partial charge >= 0.3 is 5.97 Å². The minimum atomic E-state index is -0.304. The lowest BCUT2D eigenvalue weighted by molar-refractivity contribution is -0.139. The third-order valence-corrected chi connectivity index (χ3v) is 4.56. The average Bonchev–Trinajstić information content (AvgIpc) is 2.95. The van der Waals surface area contributed by atoms with Crippen LogP contribution in [0.3, 0.4) is 0 Å². The minimum Gasteiger partial charge on any atom is -0.465 e. The number of carbonyl (C=O) groups excluding carboxylic acids is 2. The van der Waals surface area contributed by atoms with Gasteiger partial charge in [-0.05, 0) is 24.6 Å². The fourth-order valence-electron chi connectivity index (χ4n) is 1.63. The molecule has 0 aliphatic heterocycles. The summed E-state index contributed by atoms with van der Waals surface area (Å²) in [5, 5.41) is 10.9. The predicted molar refractivity (Wildman–Crippen MR) is 97.7 cm³/mol. The lowest BCUT2D eigenvalue weighted by Gasteiger charge is -2.02. The second-order valence-electron chi connectivity index (χ2n) is 4.43. The Kier molecular flexibility index (Phi) is 8.51. The number of ether oxygens (including phenoxy) is 1. The molecule has 2 rings (SSSR count). The molecule has 0 radical (unpaired) electrons. The molecule has 0 aliphatic rings. The molecule has 0 atom stereocenters. The maximum atomic E-state index is 11.9. The number of nitrogens with one attached hydrogen (secondary N) is 1. The zero-order chi connectivity index (χ0) is 16.7. The average molecular weight is 389 g/mol. The molecule has 1 aromatic heterocycles. The number of rotatable bonds is 7. The van der Waals surface area contributed by atoms with E-state index in [0.717, 1.165) is 5.56 Å². The van der Waals surface area contributed by atoms with Crippen LogP contribution in [-0.4, -0.2) is 34.4 Å². The number of nitrogen functional groups attached to an aromatic ring is 1. The van der Waals surface area contributed by atoms with E-state index in [-0.39, 0.29) is 36.5 Å². The SMILES string of the molecule is CCOC(=O)CSc1nnc(NC(=O)Cc2ccc(N)cc2)s1.Cl. The van der Waals surface area contributed by atoms with Crippen LogP contribution >= 0.6 is 35.5 Å². The van der Waals surface area contributed by atoms with Crippen molar-refractivity contribution in [3.8, 4) is 0 Å². The Morgan fingerprint density at radius 2 is 2.00 bits per heavy atom. The monoisotopic (exact) mass is 388 g/mol. The van der Waals surface area contributed by atoms with E-state index in [4.69, 9.17) is 10.5 Å². The Hall–Kier alpha value is -1.84. The van der Waals surface area contributed by atoms with Gasteiger partial charge in [0.1, 0.15) is 0 Å². The molecule has 1 amide bonds. The number of esters is 1. The number of thioether (sulfide) groups is 1. The maximum absolute atomic E-state index is 11.9. The molecule has 24 heavy (non-hydrogen) atoms. The van der Waals surface area contributed by atoms with E-state index in [1.54, 1.807) is 31.2 Å². The zero-order valence-electron chi connectivity index (χ0n) is 12.9. The first-order chi connectivity index (χ1) is 11.1. The van der Waals surface area contributed by atoms with Crippen molar-refractivity contribution in [3.05, 3.63) is 29.8 Å². The molecule has 130 valence electrons. The molecule has 0 fully saturated rings. The quantitative estimate of drug-likeness (QED) is 0.324.